The summed E-state index contributed by atoms with van der Waals surface area (Å²) in [5.41, 5.74) is 0. The summed E-state index contributed by atoms with van der Waals surface area (Å²) in [5.74, 6) is 4.25. The summed E-state index contributed by atoms with van der Waals surface area (Å²) in [6.45, 7) is 18.8. The van der Waals surface area contributed by atoms with Crippen LogP contribution in [0, 0.1) is 62.0 Å². The number of rotatable bonds is 0. The molecule has 1 rings (SSSR count). The van der Waals surface area contributed by atoms with Crippen LogP contribution >= 0.6 is 0 Å². The van der Waals surface area contributed by atoms with Gasteiger partial charge in [0, 0.05) is 38.2 Å². The molecule has 1 aliphatic carbocycles. The summed E-state index contributed by atoms with van der Waals surface area (Å²) >= 11 is 0. The minimum atomic E-state index is 0. The van der Waals surface area contributed by atoms with Crippen LogP contribution in [0.5, 0.6) is 0 Å². The summed E-state index contributed by atoms with van der Waals surface area (Å²) in [6, 6.07) is 0. The SMILES string of the molecule is C[C-](C)C.C[C-](C)C.C[C-](C)C.[C-]1=CC=CC1.[Dy]. The van der Waals surface area contributed by atoms with Crippen molar-refractivity contribution in [2.75, 3.05) is 0 Å². The fourth-order valence-corrected chi connectivity index (χ4v) is 0.340. The Morgan fingerprint density at radius 2 is 1.00 bits per heavy atom. The molecule has 0 saturated heterocycles. The van der Waals surface area contributed by atoms with E-state index in [9.17, 15) is 0 Å². The van der Waals surface area contributed by atoms with E-state index < -0.39 is 0 Å². The first-order chi connectivity index (χ1) is 7.70. The zero-order chi connectivity index (χ0) is 14.3. The molecule has 0 N–H and O–H groups in total. The van der Waals surface area contributed by atoms with Gasteiger partial charge in [0.05, 0.1) is 0 Å². The van der Waals surface area contributed by atoms with Crippen molar-refractivity contribution in [1.29, 1.82) is 0 Å². The van der Waals surface area contributed by atoms with E-state index in [2.05, 4.69) is 74.5 Å². The third-order valence-corrected chi connectivity index (χ3v) is 0.586. The molecule has 0 nitrogen and oxygen atoms in total. The van der Waals surface area contributed by atoms with E-state index in [1.165, 1.54) is 17.8 Å². The van der Waals surface area contributed by atoms with E-state index in [0.717, 1.165) is 6.42 Å². The third kappa shape index (κ3) is 126. The molecule has 0 saturated carbocycles. The van der Waals surface area contributed by atoms with E-state index in [1.807, 2.05) is 12.2 Å². The van der Waals surface area contributed by atoms with Gasteiger partial charge in [0.1, 0.15) is 0 Å². The summed E-state index contributed by atoms with van der Waals surface area (Å²) in [6.07, 6.45) is 10.0. The van der Waals surface area contributed by atoms with Crippen LogP contribution in [-0.2, 0) is 0 Å². The van der Waals surface area contributed by atoms with Crippen molar-refractivity contribution in [1.82, 2.24) is 0 Å². The molecular formula is C17H32Dy-4. The van der Waals surface area contributed by atoms with Gasteiger partial charge in [-0.05, 0) is 0 Å². The molecular weight excluding hydrogens is 367 g/mol. The molecule has 114 valence electrons. The Kier molecular flexibility index (Phi) is 34.5. The summed E-state index contributed by atoms with van der Waals surface area (Å²) in [4.78, 5) is 0. The van der Waals surface area contributed by atoms with Gasteiger partial charge in [-0.25, -0.2) is 12.2 Å². The van der Waals surface area contributed by atoms with Gasteiger partial charge in [-0.1, -0.05) is 0 Å². The smallest absolute Gasteiger partial charge is 0 e. The Morgan fingerprint density at radius 1 is 0.722 bits per heavy atom. The molecule has 1 aliphatic rings. The van der Waals surface area contributed by atoms with Gasteiger partial charge in [-0.2, -0.15) is 68.4 Å². The zero-order valence-electron chi connectivity index (χ0n) is 13.8. The van der Waals surface area contributed by atoms with Gasteiger partial charge in [-0.15, -0.1) is 6.42 Å². The second kappa shape index (κ2) is 22.9. The molecule has 0 aliphatic heterocycles. The number of hydrogen-bond donors (Lipinski definition) is 0. The second-order valence-electron chi connectivity index (χ2n) is 5.50. The average molecular weight is 399 g/mol. The molecule has 0 bridgehead atoms. The van der Waals surface area contributed by atoms with Crippen molar-refractivity contribution in [3.8, 4) is 0 Å². The van der Waals surface area contributed by atoms with Crippen LogP contribution in [-0.4, -0.2) is 0 Å². The first-order valence-corrected chi connectivity index (χ1v) is 6.22. The maximum atomic E-state index is 2.99. The standard InChI is InChI=1S/C5H5.3C4H9.Dy/c1-2-4-5-3-1;3*1-4(2)3;/h1-3H,4H2;3*1-3H3;/q4*-1;. The minimum absolute atomic E-state index is 0. The number of allylic oxidation sites excluding steroid dienone is 4. The fourth-order valence-electron chi connectivity index (χ4n) is 0.340. The quantitative estimate of drug-likeness (QED) is 0.428. The third-order valence-electron chi connectivity index (χ3n) is 0.586. The molecule has 1 heteroatoms. The van der Waals surface area contributed by atoms with Crippen LogP contribution in [0.15, 0.2) is 18.2 Å². The normalized spacial score (nSPS) is 10.9. The van der Waals surface area contributed by atoms with E-state index in [4.69, 9.17) is 0 Å². The van der Waals surface area contributed by atoms with E-state index in [-0.39, 0.29) is 38.2 Å². The van der Waals surface area contributed by atoms with Crippen LogP contribution in [0.3, 0.4) is 0 Å². The Balaban J connectivity index is -0.0000000719. The molecule has 18 heavy (non-hydrogen) atoms. The van der Waals surface area contributed by atoms with Crippen LogP contribution in [0.2, 0.25) is 0 Å². The molecule has 0 unspecified atom stereocenters. The number of hydrogen-bond acceptors (Lipinski definition) is 0. The first-order valence-electron chi connectivity index (χ1n) is 6.22. The zero-order valence-corrected chi connectivity index (χ0v) is 15.8. The molecule has 0 amide bonds. The van der Waals surface area contributed by atoms with Crippen molar-refractivity contribution in [2.45, 2.75) is 68.7 Å². The van der Waals surface area contributed by atoms with Crippen molar-refractivity contribution >= 4 is 0 Å². The Morgan fingerprint density at radius 3 is 1.06 bits per heavy atom. The second-order valence-corrected chi connectivity index (χ2v) is 5.50. The topological polar surface area (TPSA) is 0 Å². The van der Waals surface area contributed by atoms with E-state index in [1.54, 1.807) is 0 Å². The summed E-state index contributed by atoms with van der Waals surface area (Å²) < 4.78 is 0. The molecule has 0 radical (unpaired) electrons. The molecule has 0 aromatic heterocycles. The van der Waals surface area contributed by atoms with Crippen molar-refractivity contribution in [3.05, 3.63) is 42.1 Å². The largest absolute Gasteiger partial charge is 0.323 e. The van der Waals surface area contributed by atoms with Crippen LogP contribution in [0.4, 0.5) is 0 Å². The maximum Gasteiger partial charge on any atom is 0 e. The van der Waals surface area contributed by atoms with Crippen molar-refractivity contribution in [3.63, 3.8) is 0 Å². The average Bonchev–Trinajstić information content (AvgIpc) is 2.53. The molecule has 0 spiro atoms. The van der Waals surface area contributed by atoms with E-state index in [0.29, 0.717) is 0 Å². The summed E-state index contributed by atoms with van der Waals surface area (Å²) in [7, 11) is 0. The van der Waals surface area contributed by atoms with Gasteiger partial charge in [0.25, 0.3) is 0 Å². The Bertz CT molecular complexity index is 132. The van der Waals surface area contributed by atoms with Gasteiger partial charge in [0.2, 0.25) is 0 Å². The molecule has 0 atom stereocenters. The first kappa shape index (κ1) is 27.2. The van der Waals surface area contributed by atoms with Crippen molar-refractivity contribution < 1.29 is 38.2 Å². The van der Waals surface area contributed by atoms with Crippen LogP contribution in [0.25, 0.3) is 0 Å². The molecule has 0 aromatic rings. The Hall–Kier alpha value is 0.753. The van der Waals surface area contributed by atoms with Crippen LogP contribution in [0.1, 0.15) is 68.7 Å². The fraction of sp³-hybridized carbons (Fsp3) is 0.588. The van der Waals surface area contributed by atoms with Crippen molar-refractivity contribution in [2.24, 2.45) is 0 Å². The maximum absolute atomic E-state index is 2.99. The van der Waals surface area contributed by atoms with Gasteiger partial charge >= 0.3 is 0 Å². The predicted molar refractivity (Wildman–Crippen MR) is 82.4 cm³/mol. The molecule has 0 heterocycles. The minimum Gasteiger partial charge on any atom is -0.323 e. The van der Waals surface area contributed by atoms with Crippen LogP contribution < -0.4 is 0 Å². The molecule has 0 aromatic carbocycles. The molecule has 0 fully saturated rings. The summed E-state index contributed by atoms with van der Waals surface area (Å²) in [5, 5.41) is 0. The van der Waals surface area contributed by atoms with Gasteiger partial charge in [-0.3, -0.25) is 6.08 Å². The Labute approximate surface area is 148 Å². The predicted octanol–water partition coefficient (Wildman–Crippen LogP) is 6.17. The van der Waals surface area contributed by atoms with Gasteiger partial charge < -0.3 is 17.8 Å². The monoisotopic (exact) mass is 400 g/mol. The van der Waals surface area contributed by atoms with E-state index >= 15 is 0 Å². The van der Waals surface area contributed by atoms with Gasteiger partial charge in [0.15, 0.2) is 0 Å².